The largest absolute Gasteiger partial charge is 0.380 e. The molecule has 1 amide bonds. The summed E-state index contributed by atoms with van der Waals surface area (Å²) in [7, 11) is 0. The lowest BCUT2D eigenvalue weighted by molar-refractivity contribution is -0.114. The number of unbranched alkanes of at least 4 members (excludes halogenated alkanes) is 3. The fraction of sp³-hybridized carbons (Fsp3) is 0.440. The second-order valence-corrected chi connectivity index (χ2v) is 8.11. The SMILES string of the molecule is CCCCCC(C)(CCCC)Nc1ccc(C2=C(C#N)C(=C(C#N)C#N)NC2=O)cc1. The number of rotatable bonds is 10. The van der Waals surface area contributed by atoms with E-state index in [1.807, 2.05) is 18.2 Å². The van der Waals surface area contributed by atoms with E-state index in [0.717, 1.165) is 31.4 Å². The van der Waals surface area contributed by atoms with Gasteiger partial charge in [-0.15, -0.1) is 0 Å². The van der Waals surface area contributed by atoms with Crippen LogP contribution in [0.3, 0.4) is 0 Å². The van der Waals surface area contributed by atoms with Gasteiger partial charge in [-0.05, 0) is 37.5 Å². The van der Waals surface area contributed by atoms with Crippen LogP contribution in [0.4, 0.5) is 5.69 Å². The molecule has 1 aromatic rings. The van der Waals surface area contributed by atoms with Crippen molar-refractivity contribution in [3.63, 3.8) is 0 Å². The van der Waals surface area contributed by atoms with Crippen LogP contribution in [-0.2, 0) is 4.79 Å². The van der Waals surface area contributed by atoms with Gasteiger partial charge in [-0.25, -0.2) is 0 Å². The average molecular weight is 416 g/mol. The molecule has 1 unspecified atom stereocenters. The molecule has 6 nitrogen and oxygen atoms in total. The lowest BCUT2D eigenvalue weighted by atomic mass is 9.88. The van der Waals surface area contributed by atoms with E-state index >= 15 is 0 Å². The van der Waals surface area contributed by atoms with E-state index < -0.39 is 5.91 Å². The Morgan fingerprint density at radius 3 is 2.16 bits per heavy atom. The molecule has 0 spiro atoms. The van der Waals surface area contributed by atoms with E-state index in [0.29, 0.717) is 5.56 Å². The van der Waals surface area contributed by atoms with Gasteiger partial charge in [0.1, 0.15) is 18.2 Å². The number of benzene rings is 1. The highest BCUT2D eigenvalue weighted by molar-refractivity contribution is 6.26. The van der Waals surface area contributed by atoms with Gasteiger partial charge in [0, 0.05) is 11.2 Å². The summed E-state index contributed by atoms with van der Waals surface area (Å²) < 4.78 is 0. The highest BCUT2D eigenvalue weighted by atomic mass is 16.2. The summed E-state index contributed by atoms with van der Waals surface area (Å²) in [6.07, 6.45) is 8.05. The van der Waals surface area contributed by atoms with Crippen molar-refractivity contribution in [3.05, 3.63) is 46.7 Å². The molecule has 2 N–H and O–H groups in total. The van der Waals surface area contributed by atoms with Crippen molar-refractivity contribution in [1.29, 1.82) is 15.8 Å². The van der Waals surface area contributed by atoms with Crippen molar-refractivity contribution < 1.29 is 4.79 Å². The number of allylic oxidation sites excluding steroid dienone is 2. The number of hydrogen-bond acceptors (Lipinski definition) is 5. The number of nitrogens with zero attached hydrogens (tertiary/aromatic N) is 3. The van der Waals surface area contributed by atoms with Crippen molar-refractivity contribution in [2.75, 3.05) is 5.32 Å². The van der Waals surface area contributed by atoms with Crippen molar-refractivity contribution in [2.45, 2.75) is 71.3 Å². The van der Waals surface area contributed by atoms with E-state index in [1.165, 1.54) is 19.3 Å². The van der Waals surface area contributed by atoms with Crippen LogP contribution in [0, 0.1) is 34.0 Å². The van der Waals surface area contributed by atoms with Gasteiger partial charge in [0.05, 0.1) is 16.8 Å². The van der Waals surface area contributed by atoms with E-state index in [9.17, 15) is 10.1 Å². The molecule has 160 valence electrons. The Bertz CT molecular complexity index is 982. The number of nitrogens with one attached hydrogen (secondary N) is 2. The Morgan fingerprint density at radius 2 is 1.61 bits per heavy atom. The molecule has 2 rings (SSSR count). The maximum absolute atomic E-state index is 12.5. The van der Waals surface area contributed by atoms with E-state index in [-0.39, 0.29) is 28.0 Å². The van der Waals surface area contributed by atoms with Gasteiger partial charge in [-0.2, -0.15) is 15.8 Å². The lowest BCUT2D eigenvalue weighted by Gasteiger charge is -2.32. The third kappa shape index (κ3) is 5.74. The Hall–Kier alpha value is -3.56. The molecule has 1 heterocycles. The van der Waals surface area contributed by atoms with Gasteiger partial charge in [0.2, 0.25) is 0 Å². The Labute approximate surface area is 184 Å². The fourth-order valence-electron chi connectivity index (χ4n) is 3.84. The molecule has 0 aliphatic carbocycles. The molecule has 0 fully saturated rings. The van der Waals surface area contributed by atoms with E-state index in [2.05, 4.69) is 31.4 Å². The highest BCUT2D eigenvalue weighted by Gasteiger charge is 2.31. The third-order valence-electron chi connectivity index (χ3n) is 5.58. The van der Waals surface area contributed by atoms with Crippen molar-refractivity contribution in [3.8, 4) is 18.2 Å². The number of carbonyl (C=O) groups excluding carboxylic acids is 1. The first kappa shape index (κ1) is 23.7. The third-order valence-corrected chi connectivity index (χ3v) is 5.58. The van der Waals surface area contributed by atoms with E-state index in [4.69, 9.17) is 10.5 Å². The van der Waals surface area contributed by atoms with Crippen molar-refractivity contribution in [2.24, 2.45) is 0 Å². The standard InChI is InChI=1S/C25H29N5O/c1-4-6-8-14-25(3,13-7-5-2)30-20-11-9-18(10-12-20)22-21(17-28)23(29-24(22)31)19(15-26)16-27/h9-12,30H,4-8,13-14H2,1-3H3,(H,29,31). The molecule has 0 radical (unpaired) electrons. The molecule has 0 bridgehead atoms. The minimum absolute atomic E-state index is 0.00108. The topological polar surface area (TPSA) is 112 Å². The summed E-state index contributed by atoms with van der Waals surface area (Å²) in [5.41, 5.74) is 1.45. The maximum atomic E-state index is 12.5. The quantitative estimate of drug-likeness (QED) is 0.396. The zero-order valence-electron chi connectivity index (χ0n) is 18.5. The van der Waals surface area contributed by atoms with Crippen LogP contribution in [0.25, 0.3) is 5.57 Å². The first-order valence-corrected chi connectivity index (χ1v) is 10.8. The van der Waals surface area contributed by atoms with E-state index in [1.54, 1.807) is 24.3 Å². The predicted molar refractivity (Wildman–Crippen MR) is 121 cm³/mol. The lowest BCUT2D eigenvalue weighted by Crippen LogP contribution is -2.34. The van der Waals surface area contributed by atoms with Gasteiger partial charge in [0.25, 0.3) is 5.91 Å². The van der Waals surface area contributed by atoms with Crippen molar-refractivity contribution >= 4 is 17.2 Å². The molecule has 0 aromatic heterocycles. The highest BCUT2D eigenvalue weighted by Crippen LogP contribution is 2.32. The van der Waals surface area contributed by atoms with Gasteiger partial charge >= 0.3 is 0 Å². The molecule has 1 aromatic carbocycles. The second-order valence-electron chi connectivity index (χ2n) is 8.11. The summed E-state index contributed by atoms with van der Waals surface area (Å²) in [5.74, 6) is -0.484. The van der Waals surface area contributed by atoms with Gasteiger partial charge in [-0.1, -0.05) is 58.1 Å². The maximum Gasteiger partial charge on any atom is 0.257 e. The van der Waals surface area contributed by atoms with Crippen LogP contribution in [0.1, 0.15) is 71.3 Å². The first-order chi connectivity index (χ1) is 14.9. The summed E-state index contributed by atoms with van der Waals surface area (Å²) in [5, 5.41) is 33.9. The normalized spacial score (nSPS) is 14.8. The van der Waals surface area contributed by atoms with Gasteiger partial charge in [0.15, 0.2) is 5.57 Å². The number of nitriles is 3. The Morgan fingerprint density at radius 1 is 1.00 bits per heavy atom. The molecule has 1 aliphatic heterocycles. The number of amides is 1. The molecule has 6 heteroatoms. The Balaban J connectivity index is 2.32. The first-order valence-electron chi connectivity index (χ1n) is 10.8. The monoisotopic (exact) mass is 415 g/mol. The Kier molecular flexibility index (Phi) is 8.42. The molecule has 31 heavy (non-hydrogen) atoms. The summed E-state index contributed by atoms with van der Waals surface area (Å²) >= 11 is 0. The van der Waals surface area contributed by atoms with Crippen LogP contribution in [0.15, 0.2) is 41.1 Å². The van der Waals surface area contributed by atoms with Gasteiger partial charge in [-0.3, -0.25) is 4.79 Å². The smallest absolute Gasteiger partial charge is 0.257 e. The van der Waals surface area contributed by atoms with Crippen molar-refractivity contribution in [1.82, 2.24) is 5.32 Å². The number of anilines is 1. The number of carbonyl (C=O) groups is 1. The molecule has 1 aliphatic rings. The number of hydrogen-bond donors (Lipinski definition) is 2. The van der Waals surface area contributed by atoms with Crippen LogP contribution in [0.2, 0.25) is 0 Å². The molecule has 0 saturated heterocycles. The van der Waals surface area contributed by atoms with Crippen LogP contribution >= 0.6 is 0 Å². The molecule has 1 atom stereocenters. The predicted octanol–water partition coefficient (Wildman–Crippen LogP) is 5.34. The zero-order valence-corrected chi connectivity index (χ0v) is 18.5. The summed E-state index contributed by atoms with van der Waals surface area (Å²) in [4.78, 5) is 12.5. The summed E-state index contributed by atoms with van der Waals surface area (Å²) in [6, 6.07) is 12.8. The molecular formula is C25H29N5O. The summed E-state index contributed by atoms with van der Waals surface area (Å²) in [6.45, 7) is 6.66. The average Bonchev–Trinajstić information content (AvgIpc) is 3.10. The molecule has 0 saturated carbocycles. The zero-order chi connectivity index (χ0) is 22.9. The second kappa shape index (κ2) is 11.0. The van der Waals surface area contributed by atoms with Crippen LogP contribution in [-0.4, -0.2) is 11.4 Å². The minimum Gasteiger partial charge on any atom is -0.380 e. The molecular weight excluding hydrogens is 386 g/mol. The fourth-order valence-corrected chi connectivity index (χ4v) is 3.84. The van der Waals surface area contributed by atoms with Crippen LogP contribution < -0.4 is 10.6 Å². The van der Waals surface area contributed by atoms with Crippen LogP contribution in [0.5, 0.6) is 0 Å². The minimum atomic E-state index is -0.484. The van der Waals surface area contributed by atoms with Gasteiger partial charge < -0.3 is 10.6 Å².